The zero-order chi connectivity index (χ0) is 9.10. The summed E-state index contributed by atoms with van der Waals surface area (Å²) < 4.78 is 0. The van der Waals surface area contributed by atoms with E-state index in [1.807, 2.05) is 16.3 Å². The standard InChI is InChI=1S/C12H11Si/c13-12-9-5-4-8-11(12)10-6-2-1-3-7-10/h1-9H,13H2. The molecule has 0 fully saturated rings. The lowest BCUT2D eigenvalue weighted by molar-refractivity contribution is 1.65. The summed E-state index contributed by atoms with van der Waals surface area (Å²) in [5.74, 6) is 0. The lowest BCUT2D eigenvalue weighted by Crippen LogP contribution is -2.04. The van der Waals surface area contributed by atoms with Gasteiger partial charge in [0, 0.05) is 10.2 Å². The van der Waals surface area contributed by atoms with Crippen molar-refractivity contribution >= 4 is 15.4 Å². The van der Waals surface area contributed by atoms with Crippen molar-refractivity contribution < 1.29 is 0 Å². The van der Waals surface area contributed by atoms with Gasteiger partial charge in [0.15, 0.2) is 0 Å². The Morgan fingerprint density at radius 1 is 0.692 bits per heavy atom. The molecule has 0 nitrogen and oxygen atoms in total. The van der Waals surface area contributed by atoms with Gasteiger partial charge in [0.25, 0.3) is 0 Å². The molecule has 0 saturated heterocycles. The van der Waals surface area contributed by atoms with Gasteiger partial charge in [-0.1, -0.05) is 59.8 Å². The Balaban J connectivity index is 2.54. The van der Waals surface area contributed by atoms with Gasteiger partial charge in [-0.05, 0) is 11.1 Å². The molecule has 0 aromatic heterocycles. The summed E-state index contributed by atoms with van der Waals surface area (Å²) in [6.07, 6.45) is 0. The molecule has 1 radical (unpaired) electrons. The van der Waals surface area contributed by atoms with Gasteiger partial charge in [0.2, 0.25) is 0 Å². The lowest BCUT2D eigenvalue weighted by Gasteiger charge is -2.04. The summed E-state index contributed by atoms with van der Waals surface area (Å²) in [7, 11) is 1.94. The minimum Gasteiger partial charge on any atom is -0.0634 e. The van der Waals surface area contributed by atoms with Crippen LogP contribution in [0.5, 0.6) is 0 Å². The van der Waals surface area contributed by atoms with Gasteiger partial charge in [-0.25, -0.2) is 0 Å². The quantitative estimate of drug-likeness (QED) is 0.589. The molecule has 0 aliphatic heterocycles. The van der Waals surface area contributed by atoms with Crippen LogP contribution < -0.4 is 5.19 Å². The first-order chi connectivity index (χ1) is 6.38. The van der Waals surface area contributed by atoms with Gasteiger partial charge in [-0.2, -0.15) is 0 Å². The largest absolute Gasteiger partial charge is 0.0634 e. The van der Waals surface area contributed by atoms with Crippen LogP contribution in [0.15, 0.2) is 54.6 Å². The van der Waals surface area contributed by atoms with Crippen LogP contribution in [0.25, 0.3) is 11.1 Å². The third-order valence-electron chi connectivity index (χ3n) is 2.10. The van der Waals surface area contributed by atoms with Crippen molar-refractivity contribution in [3.8, 4) is 11.1 Å². The number of rotatable bonds is 1. The second-order valence-electron chi connectivity index (χ2n) is 3.02. The van der Waals surface area contributed by atoms with Gasteiger partial charge >= 0.3 is 0 Å². The normalized spacial score (nSPS) is 9.92. The van der Waals surface area contributed by atoms with Crippen molar-refractivity contribution in [2.75, 3.05) is 0 Å². The summed E-state index contributed by atoms with van der Waals surface area (Å²) in [6, 6.07) is 19.0. The van der Waals surface area contributed by atoms with Crippen molar-refractivity contribution in [3.63, 3.8) is 0 Å². The van der Waals surface area contributed by atoms with E-state index in [2.05, 4.69) is 48.5 Å². The first-order valence-electron chi connectivity index (χ1n) is 4.34. The molecular weight excluding hydrogens is 172 g/mol. The lowest BCUT2D eigenvalue weighted by atomic mass is 10.1. The Hall–Kier alpha value is -1.34. The van der Waals surface area contributed by atoms with Crippen molar-refractivity contribution in [1.29, 1.82) is 0 Å². The van der Waals surface area contributed by atoms with E-state index in [0.29, 0.717) is 0 Å². The Morgan fingerprint density at radius 3 is 2.00 bits per heavy atom. The SMILES string of the molecule is [SiH2]c1ccccc1-c1ccccc1. The molecule has 0 atom stereocenters. The Kier molecular flexibility index (Phi) is 2.28. The summed E-state index contributed by atoms with van der Waals surface area (Å²) in [4.78, 5) is 0. The molecule has 0 spiro atoms. The second kappa shape index (κ2) is 3.58. The summed E-state index contributed by atoms with van der Waals surface area (Å²) in [6.45, 7) is 0. The molecule has 0 unspecified atom stereocenters. The van der Waals surface area contributed by atoms with E-state index in [-0.39, 0.29) is 0 Å². The average molecular weight is 183 g/mol. The zero-order valence-electron chi connectivity index (χ0n) is 7.40. The van der Waals surface area contributed by atoms with E-state index < -0.39 is 0 Å². The summed E-state index contributed by atoms with van der Waals surface area (Å²) in [5.41, 5.74) is 2.63. The monoisotopic (exact) mass is 183 g/mol. The second-order valence-corrected chi connectivity index (χ2v) is 3.78. The Labute approximate surface area is 81.7 Å². The maximum absolute atomic E-state index is 2.16. The molecule has 0 aliphatic rings. The number of hydrogen-bond acceptors (Lipinski definition) is 0. The van der Waals surface area contributed by atoms with Crippen molar-refractivity contribution in [2.24, 2.45) is 0 Å². The minimum atomic E-state index is 1.30. The van der Waals surface area contributed by atoms with Crippen LogP contribution in [0.2, 0.25) is 0 Å². The van der Waals surface area contributed by atoms with Crippen molar-refractivity contribution in [2.45, 2.75) is 0 Å². The molecule has 0 bridgehead atoms. The third-order valence-corrected chi connectivity index (χ3v) is 2.72. The molecule has 0 saturated carbocycles. The third kappa shape index (κ3) is 1.70. The zero-order valence-corrected chi connectivity index (χ0v) is 8.82. The van der Waals surface area contributed by atoms with Crippen molar-refractivity contribution in [1.82, 2.24) is 0 Å². The predicted octanol–water partition coefficient (Wildman–Crippen LogP) is 1.61. The van der Waals surface area contributed by atoms with Gasteiger partial charge in [-0.3, -0.25) is 0 Å². The van der Waals surface area contributed by atoms with Gasteiger partial charge in [-0.15, -0.1) is 0 Å². The first kappa shape index (κ1) is 8.26. The minimum absolute atomic E-state index is 1.30. The van der Waals surface area contributed by atoms with E-state index in [9.17, 15) is 0 Å². The molecule has 0 heterocycles. The number of benzene rings is 2. The van der Waals surface area contributed by atoms with E-state index in [0.717, 1.165) is 0 Å². The molecule has 0 N–H and O–H groups in total. The first-order valence-corrected chi connectivity index (χ1v) is 5.05. The van der Waals surface area contributed by atoms with Crippen LogP contribution in [-0.2, 0) is 0 Å². The van der Waals surface area contributed by atoms with E-state index in [1.165, 1.54) is 16.3 Å². The summed E-state index contributed by atoms with van der Waals surface area (Å²) >= 11 is 0. The fraction of sp³-hybridized carbons (Fsp3) is 0. The predicted molar refractivity (Wildman–Crippen MR) is 60.1 cm³/mol. The highest BCUT2D eigenvalue weighted by Crippen LogP contribution is 2.15. The molecular formula is C12H11Si. The van der Waals surface area contributed by atoms with Crippen LogP contribution in [-0.4, -0.2) is 10.2 Å². The topological polar surface area (TPSA) is 0 Å². The molecule has 0 aliphatic carbocycles. The van der Waals surface area contributed by atoms with Crippen LogP contribution in [0.1, 0.15) is 0 Å². The smallest absolute Gasteiger partial charge is 0.0485 e. The molecule has 13 heavy (non-hydrogen) atoms. The Morgan fingerprint density at radius 2 is 1.31 bits per heavy atom. The molecule has 2 rings (SSSR count). The fourth-order valence-corrected chi connectivity index (χ4v) is 1.88. The molecule has 0 amide bonds. The van der Waals surface area contributed by atoms with Gasteiger partial charge < -0.3 is 0 Å². The highest BCUT2D eigenvalue weighted by atomic mass is 28.1. The van der Waals surface area contributed by atoms with Crippen LogP contribution in [0.4, 0.5) is 0 Å². The maximum Gasteiger partial charge on any atom is 0.0485 e. The van der Waals surface area contributed by atoms with Crippen LogP contribution in [0.3, 0.4) is 0 Å². The Bertz CT molecular complexity index is 393. The van der Waals surface area contributed by atoms with Gasteiger partial charge in [0.05, 0.1) is 0 Å². The van der Waals surface area contributed by atoms with Crippen LogP contribution >= 0.6 is 0 Å². The highest BCUT2D eigenvalue weighted by molar-refractivity contribution is 6.35. The molecule has 2 aromatic carbocycles. The van der Waals surface area contributed by atoms with E-state index in [4.69, 9.17) is 0 Å². The van der Waals surface area contributed by atoms with E-state index in [1.54, 1.807) is 0 Å². The van der Waals surface area contributed by atoms with Crippen molar-refractivity contribution in [3.05, 3.63) is 54.6 Å². The maximum atomic E-state index is 2.16. The van der Waals surface area contributed by atoms with Crippen LogP contribution in [0, 0.1) is 0 Å². The molecule has 1 heteroatoms. The molecule has 2 aromatic rings. The fourth-order valence-electron chi connectivity index (χ4n) is 1.42. The van der Waals surface area contributed by atoms with Gasteiger partial charge in [0.1, 0.15) is 0 Å². The summed E-state index contributed by atoms with van der Waals surface area (Å²) in [5, 5.41) is 1.36. The highest BCUT2D eigenvalue weighted by Gasteiger charge is 1.97. The average Bonchev–Trinajstić information content (AvgIpc) is 2.20. The van der Waals surface area contributed by atoms with E-state index >= 15 is 0 Å². The molecule has 63 valence electrons. The number of hydrogen-bond donors (Lipinski definition) is 0.